The van der Waals surface area contributed by atoms with Crippen molar-refractivity contribution >= 4 is 11.7 Å². The zero-order valence-electron chi connectivity index (χ0n) is 16.1. The number of anilines is 1. The monoisotopic (exact) mass is 372 g/mol. The second-order valence-corrected chi connectivity index (χ2v) is 7.21. The van der Waals surface area contributed by atoms with E-state index in [0.717, 1.165) is 35.7 Å². The molecule has 0 saturated carbocycles. The van der Waals surface area contributed by atoms with Gasteiger partial charge in [0, 0.05) is 36.8 Å². The molecule has 2 heterocycles. The van der Waals surface area contributed by atoms with Gasteiger partial charge in [0.1, 0.15) is 12.1 Å². The van der Waals surface area contributed by atoms with Gasteiger partial charge >= 0.3 is 0 Å². The van der Waals surface area contributed by atoms with Crippen LogP contribution in [0, 0.1) is 6.92 Å². The summed E-state index contributed by atoms with van der Waals surface area (Å²) in [5, 5.41) is 3.00. The number of nitrogens with zero attached hydrogens (tertiary/aromatic N) is 3. The molecule has 4 rings (SSSR count). The van der Waals surface area contributed by atoms with E-state index in [0.29, 0.717) is 12.1 Å². The quantitative estimate of drug-likeness (QED) is 0.736. The molecule has 0 bridgehead atoms. The van der Waals surface area contributed by atoms with Crippen LogP contribution >= 0.6 is 0 Å². The van der Waals surface area contributed by atoms with Crippen LogP contribution in [0.25, 0.3) is 11.3 Å². The Hall–Kier alpha value is -3.21. The Labute approximate surface area is 165 Å². The van der Waals surface area contributed by atoms with Crippen molar-refractivity contribution in [1.82, 2.24) is 15.3 Å². The first-order valence-corrected chi connectivity index (χ1v) is 9.70. The highest BCUT2D eigenvalue weighted by molar-refractivity contribution is 5.95. The second kappa shape index (κ2) is 8.21. The number of rotatable bonds is 5. The van der Waals surface area contributed by atoms with E-state index in [4.69, 9.17) is 0 Å². The van der Waals surface area contributed by atoms with Crippen molar-refractivity contribution in [2.75, 3.05) is 18.0 Å². The molecule has 28 heavy (non-hydrogen) atoms. The minimum Gasteiger partial charge on any atom is -0.357 e. The average Bonchev–Trinajstić information content (AvgIpc) is 3.27. The Balaban J connectivity index is 1.49. The average molecular weight is 372 g/mol. The van der Waals surface area contributed by atoms with Crippen LogP contribution in [0.5, 0.6) is 0 Å². The third kappa shape index (κ3) is 4.19. The van der Waals surface area contributed by atoms with Crippen LogP contribution in [0.3, 0.4) is 0 Å². The van der Waals surface area contributed by atoms with Gasteiger partial charge in [-0.3, -0.25) is 4.79 Å². The standard InChI is InChI=1S/C23H24N4O/c1-17-6-4-7-18(12-17)15-24-23(28)20-9-5-8-19(13-20)21-14-22(26-16-25-21)27-10-2-3-11-27/h4-9,12-14,16H,2-3,10-11,15H2,1H3,(H,24,28). The Kier molecular flexibility index (Phi) is 5.33. The van der Waals surface area contributed by atoms with E-state index in [1.807, 2.05) is 55.5 Å². The van der Waals surface area contributed by atoms with E-state index in [1.165, 1.54) is 18.4 Å². The van der Waals surface area contributed by atoms with Crippen molar-refractivity contribution in [3.63, 3.8) is 0 Å². The highest BCUT2D eigenvalue weighted by Gasteiger charge is 2.15. The molecule has 1 fully saturated rings. The van der Waals surface area contributed by atoms with Crippen LogP contribution in [0.1, 0.15) is 34.3 Å². The molecule has 3 aromatic rings. The molecule has 1 aliphatic rings. The minimum atomic E-state index is -0.0859. The first kappa shape index (κ1) is 18.2. The van der Waals surface area contributed by atoms with E-state index in [9.17, 15) is 4.79 Å². The maximum atomic E-state index is 12.6. The van der Waals surface area contributed by atoms with E-state index in [-0.39, 0.29) is 5.91 Å². The van der Waals surface area contributed by atoms with Gasteiger partial charge in [-0.1, -0.05) is 42.0 Å². The van der Waals surface area contributed by atoms with Crippen molar-refractivity contribution in [1.29, 1.82) is 0 Å². The molecule has 0 spiro atoms. The van der Waals surface area contributed by atoms with E-state index < -0.39 is 0 Å². The molecular weight excluding hydrogens is 348 g/mol. The fourth-order valence-corrected chi connectivity index (χ4v) is 3.55. The third-order valence-corrected chi connectivity index (χ3v) is 5.04. The van der Waals surface area contributed by atoms with Crippen LogP contribution in [-0.4, -0.2) is 29.0 Å². The summed E-state index contributed by atoms with van der Waals surface area (Å²) < 4.78 is 0. The van der Waals surface area contributed by atoms with Gasteiger partial charge in [0.05, 0.1) is 5.69 Å². The number of nitrogens with one attached hydrogen (secondary N) is 1. The van der Waals surface area contributed by atoms with Gasteiger partial charge in [0.2, 0.25) is 0 Å². The van der Waals surface area contributed by atoms with Crippen LogP contribution in [-0.2, 0) is 6.54 Å². The van der Waals surface area contributed by atoms with Crippen molar-refractivity contribution in [2.24, 2.45) is 0 Å². The lowest BCUT2D eigenvalue weighted by atomic mass is 10.1. The molecule has 1 amide bonds. The zero-order valence-corrected chi connectivity index (χ0v) is 16.1. The molecule has 0 radical (unpaired) electrons. The lowest BCUT2D eigenvalue weighted by Crippen LogP contribution is -2.22. The normalized spacial score (nSPS) is 13.5. The maximum absolute atomic E-state index is 12.6. The van der Waals surface area contributed by atoms with Gasteiger partial charge in [-0.05, 0) is 37.5 Å². The van der Waals surface area contributed by atoms with Gasteiger partial charge in [-0.25, -0.2) is 9.97 Å². The number of carbonyl (C=O) groups excluding carboxylic acids is 1. The molecule has 0 aliphatic carbocycles. The number of benzene rings is 2. The molecule has 5 nitrogen and oxygen atoms in total. The van der Waals surface area contributed by atoms with Gasteiger partial charge in [-0.15, -0.1) is 0 Å². The molecule has 1 N–H and O–H groups in total. The topological polar surface area (TPSA) is 58.1 Å². The molecule has 0 unspecified atom stereocenters. The molecular formula is C23H24N4O. The van der Waals surface area contributed by atoms with Crippen LogP contribution in [0.2, 0.25) is 0 Å². The summed E-state index contributed by atoms with van der Waals surface area (Å²) in [5.41, 5.74) is 4.67. The molecule has 0 atom stereocenters. The summed E-state index contributed by atoms with van der Waals surface area (Å²) in [5.74, 6) is 0.869. The number of aryl methyl sites for hydroxylation is 1. The maximum Gasteiger partial charge on any atom is 0.251 e. The lowest BCUT2D eigenvalue weighted by molar-refractivity contribution is 0.0951. The van der Waals surface area contributed by atoms with Gasteiger partial charge in [0.25, 0.3) is 5.91 Å². The third-order valence-electron chi connectivity index (χ3n) is 5.04. The lowest BCUT2D eigenvalue weighted by Gasteiger charge is -2.16. The van der Waals surface area contributed by atoms with Gasteiger partial charge in [-0.2, -0.15) is 0 Å². The minimum absolute atomic E-state index is 0.0859. The second-order valence-electron chi connectivity index (χ2n) is 7.21. The fraction of sp³-hybridized carbons (Fsp3) is 0.261. The summed E-state index contributed by atoms with van der Waals surface area (Å²) in [6, 6.07) is 17.8. The number of aromatic nitrogens is 2. The predicted octanol–water partition coefficient (Wildman–Crippen LogP) is 3.98. The number of carbonyl (C=O) groups is 1. The fourth-order valence-electron chi connectivity index (χ4n) is 3.55. The van der Waals surface area contributed by atoms with Crippen LogP contribution < -0.4 is 10.2 Å². The molecule has 1 aliphatic heterocycles. The summed E-state index contributed by atoms with van der Waals surface area (Å²) in [6.07, 6.45) is 4.01. The number of amides is 1. The molecule has 2 aromatic carbocycles. The predicted molar refractivity (Wildman–Crippen MR) is 111 cm³/mol. The van der Waals surface area contributed by atoms with Gasteiger partial charge < -0.3 is 10.2 Å². The highest BCUT2D eigenvalue weighted by Crippen LogP contribution is 2.24. The Morgan fingerprint density at radius 2 is 1.86 bits per heavy atom. The smallest absolute Gasteiger partial charge is 0.251 e. The summed E-state index contributed by atoms with van der Waals surface area (Å²) >= 11 is 0. The SMILES string of the molecule is Cc1cccc(CNC(=O)c2cccc(-c3cc(N4CCCC4)ncn3)c2)c1. The number of hydrogen-bond acceptors (Lipinski definition) is 4. The largest absolute Gasteiger partial charge is 0.357 e. The van der Waals surface area contributed by atoms with Crippen molar-refractivity contribution in [3.8, 4) is 11.3 Å². The van der Waals surface area contributed by atoms with Crippen molar-refractivity contribution in [3.05, 3.63) is 77.6 Å². The van der Waals surface area contributed by atoms with Crippen molar-refractivity contribution in [2.45, 2.75) is 26.3 Å². The molecule has 1 saturated heterocycles. The van der Waals surface area contributed by atoms with Crippen LogP contribution in [0.15, 0.2) is 60.9 Å². The van der Waals surface area contributed by atoms with E-state index in [2.05, 4.69) is 26.3 Å². The summed E-state index contributed by atoms with van der Waals surface area (Å²) in [6.45, 7) is 4.64. The zero-order chi connectivity index (χ0) is 19.3. The van der Waals surface area contributed by atoms with E-state index >= 15 is 0 Å². The Morgan fingerprint density at radius 1 is 1.04 bits per heavy atom. The number of hydrogen-bond donors (Lipinski definition) is 1. The van der Waals surface area contributed by atoms with Gasteiger partial charge in [0.15, 0.2) is 0 Å². The summed E-state index contributed by atoms with van der Waals surface area (Å²) in [7, 11) is 0. The first-order chi connectivity index (χ1) is 13.7. The summed E-state index contributed by atoms with van der Waals surface area (Å²) in [4.78, 5) is 23.7. The molecule has 1 aromatic heterocycles. The first-order valence-electron chi connectivity index (χ1n) is 9.70. The van der Waals surface area contributed by atoms with E-state index in [1.54, 1.807) is 6.33 Å². The van der Waals surface area contributed by atoms with Crippen molar-refractivity contribution < 1.29 is 4.79 Å². The molecule has 5 heteroatoms. The Bertz CT molecular complexity index is 980. The van der Waals surface area contributed by atoms with Crippen LogP contribution in [0.4, 0.5) is 5.82 Å². The highest BCUT2D eigenvalue weighted by atomic mass is 16.1. The Morgan fingerprint density at radius 3 is 2.68 bits per heavy atom. The molecule has 142 valence electrons.